The van der Waals surface area contributed by atoms with Crippen molar-refractivity contribution in [3.05, 3.63) is 108 Å². The van der Waals surface area contributed by atoms with Crippen LogP contribution >= 0.6 is 0 Å². The molecule has 4 aromatic rings. The van der Waals surface area contributed by atoms with Crippen molar-refractivity contribution in [2.75, 3.05) is 5.32 Å². The average Bonchev–Trinajstić information content (AvgIpc) is 2.74. The standard InChI is InChI=1S/C27H22N/c1-27(2)23-12-6-7-13-24(23)28-25-14-8-11-22(26(25)27)21-17-15-20(16-18-21)19-9-4-3-5-10-19/h4-18,28H,1-2H3. The van der Waals surface area contributed by atoms with Gasteiger partial charge in [-0.25, -0.2) is 0 Å². The first-order chi connectivity index (χ1) is 13.6. The van der Waals surface area contributed by atoms with E-state index in [-0.39, 0.29) is 5.41 Å². The van der Waals surface area contributed by atoms with Crippen LogP contribution in [0.2, 0.25) is 0 Å². The van der Waals surface area contributed by atoms with Gasteiger partial charge in [-0.05, 0) is 51.6 Å². The van der Waals surface area contributed by atoms with Crippen molar-refractivity contribution in [1.29, 1.82) is 0 Å². The van der Waals surface area contributed by atoms with E-state index in [0.717, 1.165) is 0 Å². The zero-order valence-corrected chi connectivity index (χ0v) is 16.2. The average molecular weight is 360 g/mol. The van der Waals surface area contributed by atoms with E-state index in [1.54, 1.807) is 0 Å². The molecule has 1 N–H and O–H groups in total. The lowest BCUT2D eigenvalue weighted by Gasteiger charge is -2.37. The van der Waals surface area contributed by atoms with Crippen LogP contribution < -0.4 is 5.32 Å². The molecule has 0 fully saturated rings. The first kappa shape index (κ1) is 16.8. The smallest absolute Gasteiger partial charge is 0.0432 e. The van der Waals surface area contributed by atoms with E-state index in [4.69, 9.17) is 0 Å². The van der Waals surface area contributed by atoms with Gasteiger partial charge in [0.05, 0.1) is 0 Å². The highest BCUT2D eigenvalue weighted by Gasteiger charge is 2.34. The minimum absolute atomic E-state index is 0.0678. The minimum Gasteiger partial charge on any atom is -0.355 e. The molecule has 28 heavy (non-hydrogen) atoms. The fourth-order valence-electron chi connectivity index (χ4n) is 4.41. The summed E-state index contributed by atoms with van der Waals surface area (Å²) in [5.41, 5.74) is 10.0. The van der Waals surface area contributed by atoms with Gasteiger partial charge < -0.3 is 5.32 Å². The van der Waals surface area contributed by atoms with Crippen LogP contribution in [0, 0.1) is 6.07 Å². The zero-order valence-electron chi connectivity index (χ0n) is 16.2. The van der Waals surface area contributed by atoms with Gasteiger partial charge in [-0.15, -0.1) is 0 Å². The Balaban J connectivity index is 1.62. The van der Waals surface area contributed by atoms with Gasteiger partial charge in [0.25, 0.3) is 0 Å². The maximum atomic E-state index is 3.64. The number of rotatable bonds is 2. The van der Waals surface area contributed by atoms with Crippen molar-refractivity contribution in [1.82, 2.24) is 0 Å². The summed E-state index contributed by atoms with van der Waals surface area (Å²) in [7, 11) is 0. The number of anilines is 2. The summed E-state index contributed by atoms with van der Waals surface area (Å²) in [6.07, 6.45) is 0. The largest absolute Gasteiger partial charge is 0.355 e. The van der Waals surface area contributed by atoms with E-state index in [1.807, 2.05) is 12.1 Å². The van der Waals surface area contributed by atoms with E-state index in [2.05, 4.69) is 104 Å². The molecule has 4 aromatic carbocycles. The maximum absolute atomic E-state index is 3.64. The summed E-state index contributed by atoms with van der Waals surface area (Å²) in [6.45, 7) is 4.65. The van der Waals surface area contributed by atoms with Gasteiger partial charge in [0.15, 0.2) is 0 Å². The molecule has 0 aliphatic carbocycles. The van der Waals surface area contributed by atoms with Gasteiger partial charge in [0.1, 0.15) is 0 Å². The highest BCUT2D eigenvalue weighted by Crippen LogP contribution is 2.49. The second kappa shape index (κ2) is 6.38. The van der Waals surface area contributed by atoms with Crippen molar-refractivity contribution >= 4 is 11.4 Å². The molecule has 0 bridgehead atoms. The Morgan fingerprint density at radius 2 is 1.29 bits per heavy atom. The molecule has 0 saturated carbocycles. The SMILES string of the molecule is CC1(C)c2ccccc2Nc2cccc(-c3ccc(-c4cc[c]cc4)cc3)c21. The van der Waals surface area contributed by atoms with Crippen molar-refractivity contribution < 1.29 is 0 Å². The van der Waals surface area contributed by atoms with Gasteiger partial charge in [0.2, 0.25) is 0 Å². The molecule has 0 saturated heterocycles. The Labute approximate surface area is 166 Å². The summed E-state index contributed by atoms with van der Waals surface area (Å²) in [5, 5.41) is 3.64. The predicted molar refractivity (Wildman–Crippen MR) is 118 cm³/mol. The number of fused-ring (bicyclic) bond motifs is 2. The van der Waals surface area contributed by atoms with Gasteiger partial charge in [-0.3, -0.25) is 0 Å². The number of hydrogen-bond acceptors (Lipinski definition) is 1. The first-order valence-electron chi connectivity index (χ1n) is 9.71. The van der Waals surface area contributed by atoms with Crippen molar-refractivity contribution in [3.63, 3.8) is 0 Å². The molecule has 1 nitrogen and oxygen atoms in total. The van der Waals surface area contributed by atoms with Gasteiger partial charge in [0, 0.05) is 16.8 Å². The molecule has 1 aliphatic rings. The zero-order chi connectivity index (χ0) is 19.1. The molecule has 1 radical (unpaired) electrons. The molecule has 1 aliphatic heterocycles. The third-order valence-corrected chi connectivity index (χ3v) is 5.81. The lowest BCUT2D eigenvalue weighted by atomic mass is 9.71. The van der Waals surface area contributed by atoms with Gasteiger partial charge in [-0.2, -0.15) is 0 Å². The van der Waals surface area contributed by atoms with Crippen LogP contribution in [0.25, 0.3) is 22.3 Å². The minimum atomic E-state index is -0.0678. The Morgan fingerprint density at radius 3 is 2.07 bits per heavy atom. The van der Waals surface area contributed by atoms with Crippen LogP contribution in [-0.2, 0) is 5.41 Å². The number of hydrogen-bond donors (Lipinski definition) is 1. The number of benzene rings is 4. The number of nitrogens with one attached hydrogen (secondary N) is 1. The van der Waals surface area contributed by atoms with Crippen LogP contribution in [0.5, 0.6) is 0 Å². The van der Waals surface area contributed by atoms with Crippen LogP contribution in [0.4, 0.5) is 11.4 Å². The van der Waals surface area contributed by atoms with E-state index in [0.29, 0.717) is 0 Å². The lowest BCUT2D eigenvalue weighted by Crippen LogP contribution is -2.26. The van der Waals surface area contributed by atoms with Crippen LogP contribution in [0.3, 0.4) is 0 Å². The summed E-state index contributed by atoms with van der Waals surface area (Å²) < 4.78 is 0. The molecule has 5 rings (SSSR count). The van der Waals surface area contributed by atoms with Crippen LogP contribution in [0.1, 0.15) is 25.0 Å². The monoisotopic (exact) mass is 360 g/mol. The first-order valence-corrected chi connectivity index (χ1v) is 9.71. The number of para-hydroxylation sites is 1. The van der Waals surface area contributed by atoms with Crippen LogP contribution in [-0.4, -0.2) is 0 Å². The Morgan fingerprint density at radius 1 is 0.643 bits per heavy atom. The Bertz CT molecular complexity index is 1140. The van der Waals surface area contributed by atoms with Crippen molar-refractivity contribution in [2.45, 2.75) is 19.3 Å². The topological polar surface area (TPSA) is 12.0 Å². The molecule has 0 unspecified atom stereocenters. The molecule has 135 valence electrons. The third kappa shape index (κ3) is 2.63. The molecule has 0 aromatic heterocycles. The highest BCUT2D eigenvalue weighted by molar-refractivity contribution is 5.84. The second-order valence-electron chi connectivity index (χ2n) is 7.89. The summed E-state index contributed by atoms with van der Waals surface area (Å²) in [4.78, 5) is 0. The third-order valence-electron chi connectivity index (χ3n) is 5.81. The lowest BCUT2D eigenvalue weighted by molar-refractivity contribution is 0.640. The molecule has 1 heterocycles. The van der Waals surface area contributed by atoms with E-state index >= 15 is 0 Å². The Hall–Kier alpha value is -3.32. The van der Waals surface area contributed by atoms with Gasteiger partial charge >= 0.3 is 0 Å². The van der Waals surface area contributed by atoms with E-state index in [1.165, 1.54) is 44.8 Å². The second-order valence-corrected chi connectivity index (χ2v) is 7.89. The van der Waals surface area contributed by atoms with E-state index < -0.39 is 0 Å². The van der Waals surface area contributed by atoms with Crippen LogP contribution in [0.15, 0.2) is 91.0 Å². The Kier molecular flexibility index (Phi) is 3.84. The van der Waals surface area contributed by atoms with Crippen molar-refractivity contribution in [2.24, 2.45) is 0 Å². The molecule has 0 amide bonds. The molecule has 1 heteroatoms. The fraction of sp³-hybridized carbons (Fsp3) is 0.111. The molecule has 0 spiro atoms. The fourth-order valence-corrected chi connectivity index (χ4v) is 4.41. The quantitative estimate of drug-likeness (QED) is 0.398. The summed E-state index contributed by atoms with van der Waals surface area (Å²) in [5.74, 6) is 0. The van der Waals surface area contributed by atoms with E-state index in [9.17, 15) is 0 Å². The molecular formula is C27H22N. The van der Waals surface area contributed by atoms with Crippen molar-refractivity contribution in [3.8, 4) is 22.3 Å². The normalized spacial score (nSPS) is 13.9. The molecular weight excluding hydrogens is 338 g/mol. The predicted octanol–water partition coefficient (Wildman–Crippen LogP) is 7.20. The maximum Gasteiger partial charge on any atom is 0.0432 e. The molecule has 0 atom stereocenters. The summed E-state index contributed by atoms with van der Waals surface area (Å²) in [6, 6.07) is 35.3. The highest BCUT2D eigenvalue weighted by atomic mass is 14.9. The summed E-state index contributed by atoms with van der Waals surface area (Å²) >= 11 is 0. The van der Waals surface area contributed by atoms with Gasteiger partial charge in [-0.1, -0.05) is 92.7 Å².